The third-order valence-electron chi connectivity index (χ3n) is 8.53. The van der Waals surface area contributed by atoms with Crippen molar-refractivity contribution in [2.24, 2.45) is 0 Å². The summed E-state index contributed by atoms with van der Waals surface area (Å²) in [7, 11) is 0. The van der Waals surface area contributed by atoms with Crippen LogP contribution in [0.2, 0.25) is 0 Å². The number of hydrogen-bond donors (Lipinski definition) is 0. The van der Waals surface area contributed by atoms with Crippen molar-refractivity contribution < 1.29 is 0 Å². The molecule has 7 nitrogen and oxygen atoms in total. The van der Waals surface area contributed by atoms with Crippen LogP contribution in [0.4, 0.5) is 0 Å². The number of para-hydroxylation sites is 1. The number of nitrogens with zero attached hydrogens (tertiary/aromatic N) is 7. The van der Waals surface area contributed by atoms with E-state index in [0.29, 0.717) is 0 Å². The first-order chi connectivity index (χ1) is 20.6. The van der Waals surface area contributed by atoms with Crippen LogP contribution >= 0.6 is 0 Å². The summed E-state index contributed by atoms with van der Waals surface area (Å²) < 4.78 is 11.2. The lowest BCUT2D eigenvalue weighted by Gasteiger charge is -2.16. The summed E-state index contributed by atoms with van der Waals surface area (Å²) in [6.07, 6.45) is 12.3. The number of hydrogen-bond acceptors (Lipinski definition) is 2. The van der Waals surface area contributed by atoms with Gasteiger partial charge in [-0.2, -0.15) is 0 Å². The highest BCUT2D eigenvalue weighted by molar-refractivity contribution is 6.09. The van der Waals surface area contributed by atoms with Gasteiger partial charge in [-0.25, -0.2) is 9.97 Å². The molecule has 0 saturated carbocycles. The molecule has 8 rings (SSSR count). The SMILES string of the molecule is CC(C)(C)c1cn(-c2cccc(-n3c4ccccc4c4ccc(-n5cc(C(C)(C)C)n6ccnc56)cc43)c2)c2nccn12. The Morgan fingerprint density at radius 3 is 1.72 bits per heavy atom. The summed E-state index contributed by atoms with van der Waals surface area (Å²) in [6.45, 7) is 13.5. The van der Waals surface area contributed by atoms with Gasteiger partial charge in [-0.15, -0.1) is 0 Å². The van der Waals surface area contributed by atoms with E-state index in [4.69, 9.17) is 9.97 Å². The van der Waals surface area contributed by atoms with Crippen molar-refractivity contribution in [3.8, 4) is 17.1 Å². The van der Waals surface area contributed by atoms with Gasteiger partial charge in [0.2, 0.25) is 11.6 Å². The summed E-state index contributed by atoms with van der Waals surface area (Å²) in [4.78, 5) is 9.44. The molecule has 0 N–H and O–H groups in total. The second-order valence-electron chi connectivity index (χ2n) is 13.5. The van der Waals surface area contributed by atoms with Crippen LogP contribution in [0.1, 0.15) is 52.9 Å². The quantitative estimate of drug-likeness (QED) is 0.217. The first-order valence-corrected chi connectivity index (χ1v) is 14.8. The number of benzene rings is 3. The standard InChI is InChI=1S/C36H35N7/c1-35(2,3)31-22-41(33-37-16-18-39(31)33)24-10-9-11-26(20-24)43-29-13-8-7-12-27(29)28-15-14-25(21-30(28)43)42-23-32(36(4,5)6)40-19-17-38-34(40)42/h7-23H,1-6H3. The van der Waals surface area contributed by atoms with Gasteiger partial charge in [-0.3, -0.25) is 17.9 Å². The smallest absolute Gasteiger partial charge is 0.218 e. The van der Waals surface area contributed by atoms with Crippen LogP contribution < -0.4 is 0 Å². The van der Waals surface area contributed by atoms with Gasteiger partial charge in [0.15, 0.2) is 0 Å². The van der Waals surface area contributed by atoms with Crippen molar-refractivity contribution in [1.82, 2.24) is 32.5 Å². The molecule has 0 aliphatic carbocycles. The predicted octanol–water partition coefficient (Wildman–Crippen LogP) is 8.26. The Morgan fingerprint density at radius 1 is 0.535 bits per heavy atom. The zero-order chi connectivity index (χ0) is 29.7. The van der Waals surface area contributed by atoms with Gasteiger partial charge >= 0.3 is 0 Å². The van der Waals surface area contributed by atoms with Gasteiger partial charge in [0, 0.05) is 75.9 Å². The molecule has 0 spiro atoms. The van der Waals surface area contributed by atoms with E-state index in [9.17, 15) is 0 Å². The zero-order valence-corrected chi connectivity index (χ0v) is 25.4. The molecule has 0 aliphatic heterocycles. The number of fused-ring (bicyclic) bond motifs is 5. The topological polar surface area (TPSA) is 49.4 Å². The fourth-order valence-electron chi connectivity index (χ4n) is 6.47. The van der Waals surface area contributed by atoms with E-state index in [1.165, 1.54) is 27.7 Å². The maximum atomic E-state index is 4.73. The van der Waals surface area contributed by atoms with Gasteiger partial charge < -0.3 is 4.57 Å². The second-order valence-corrected chi connectivity index (χ2v) is 13.5. The molecule has 5 aromatic heterocycles. The minimum absolute atomic E-state index is 0.0172. The summed E-state index contributed by atoms with van der Waals surface area (Å²) in [5, 5.41) is 2.45. The highest BCUT2D eigenvalue weighted by Crippen LogP contribution is 2.35. The van der Waals surface area contributed by atoms with Crippen molar-refractivity contribution in [2.75, 3.05) is 0 Å². The molecule has 0 amide bonds. The predicted molar refractivity (Wildman–Crippen MR) is 174 cm³/mol. The fraction of sp³-hybridized carbons (Fsp3) is 0.222. The first-order valence-electron chi connectivity index (χ1n) is 14.8. The molecule has 43 heavy (non-hydrogen) atoms. The van der Waals surface area contributed by atoms with E-state index in [0.717, 1.165) is 34.1 Å². The molecule has 0 aliphatic rings. The lowest BCUT2D eigenvalue weighted by atomic mass is 9.93. The molecule has 0 atom stereocenters. The Labute approximate surface area is 250 Å². The number of aromatic nitrogens is 7. The third-order valence-corrected chi connectivity index (χ3v) is 8.53. The fourth-order valence-corrected chi connectivity index (χ4v) is 6.47. The van der Waals surface area contributed by atoms with E-state index >= 15 is 0 Å². The van der Waals surface area contributed by atoms with Crippen LogP contribution in [0.5, 0.6) is 0 Å². The summed E-state index contributed by atoms with van der Waals surface area (Å²) >= 11 is 0. The average molecular weight is 566 g/mol. The minimum Gasteiger partial charge on any atom is -0.309 e. The van der Waals surface area contributed by atoms with E-state index in [1.54, 1.807) is 0 Å². The molecule has 8 aromatic rings. The summed E-state index contributed by atoms with van der Waals surface area (Å²) in [6, 6.07) is 24.2. The Kier molecular flexibility index (Phi) is 5.21. The van der Waals surface area contributed by atoms with Gasteiger partial charge in [0.05, 0.1) is 22.4 Å². The molecule has 0 fully saturated rings. The molecule has 0 bridgehead atoms. The lowest BCUT2D eigenvalue weighted by Crippen LogP contribution is -2.13. The van der Waals surface area contributed by atoms with Crippen LogP contribution in [-0.2, 0) is 10.8 Å². The largest absolute Gasteiger partial charge is 0.309 e. The van der Waals surface area contributed by atoms with Crippen molar-refractivity contribution >= 4 is 33.4 Å². The summed E-state index contributed by atoms with van der Waals surface area (Å²) in [5.41, 5.74) is 7.99. The molecular formula is C36H35N7. The Hall–Kier alpha value is -5.04. The van der Waals surface area contributed by atoms with Gasteiger partial charge in [-0.1, -0.05) is 71.9 Å². The van der Waals surface area contributed by atoms with Gasteiger partial charge in [0.25, 0.3) is 0 Å². The lowest BCUT2D eigenvalue weighted by molar-refractivity contribution is 0.563. The van der Waals surface area contributed by atoms with Gasteiger partial charge in [-0.05, 0) is 36.4 Å². The van der Waals surface area contributed by atoms with E-state index in [2.05, 4.69) is 149 Å². The van der Waals surface area contributed by atoms with Gasteiger partial charge in [0.1, 0.15) is 0 Å². The van der Waals surface area contributed by atoms with Crippen molar-refractivity contribution in [2.45, 2.75) is 52.4 Å². The van der Waals surface area contributed by atoms with Crippen LogP contribution in [0.3, 0.4) is 0 Å². The molecule has 5 heterocycles. The first kappa shape index (κ1) is 25.7. The Morgan fingerprint density at radius 2 is 1.09 bits per heavy atom. The van der Waals surface area contributed by atoms with E-state index in [1.807, 2.05) is 18.6 Å². The molecule has 0 unspecified atom stereocenters. The highest BCUT2D eigenvalue weighted by atomic mass is 15.2. The summed E-state index contributed by atoms with van der Waals surface area (Å²) in [5.74, 6) is 1.83. The third kappa shape index (κ3) is 3.80. The molecule has 0 saturated heterocycles. The Bertz CT molecular complexity index is 2320. The second kappa shape index (κ2) is 8.74. The molecule has 0 radical (unpaired) electrons. The van der Waals surface area contributed by atoms with Crippen LogP contribution in [0, 0.1) is 0 Å². The molecule has 7 heteroatoms. The monoisotopic (exact) mass is 565 g/mol. The molecule has 3 aromatic carbocycles. The van der Waals surface area contributed by atoms with Crippen molar-refractivity contribution in [3.63, 3.8) is 0 Å². The van der Waals surface area contributed by atoms with Crippen LogP contribution in [-0.4, -0.2) is 32.5 Å². The maximum Gasteiger partial charge on any atom is 0.218 e. The maximum absolute atomic E-state index is 4.73. The minimum atomic E-state index is -0.0186. The Balaban J connectivity index is 1.36. The average Bonchev–Trinajstić information content (AvgIpc) is 3.77. The molecular weight excluding hydrogens is 530 g/mol. The zero-order valence-electron chi connectivity index (χ0n) is 25.4. The number of rotatable bonds is 3. The van der Waals surface area contributed by atoms with E-state index in [-0.39, 0.29) is 10.8 Å². The normalized spacial score (nSPS) is 12.9. The van der Waals surface area contributed by atoms with Crippen LogP contribution in [0.25, 0.3) is 50.4 Å². The molecule has 214 valence electrons. The number of imidazole rings is 4. The highest BCUT2D eigenvalue weighted by Gasteiger charge is 2.24. The van der Waals surface area contributed by atoms with Crippen molar-refractivity contribution in [3.05, 3.63) is 115 Å². The van der Waals surface area contributed by atoms with Crippen LogP contribution in [0.15, 0.2) is 104 Å². The van der Waals surface area contributed by atoms with Crippen molar-refractivity contribution in [1.29, 1.82) is 0 Å². The van der Waals surface area contributed by atoms with E-state index < -0.39 is 0 Å².